The summed E-state index contributed by atoms with van der Waals surface area (Å²) in [5, 5.41) is 1.49. The summed E-state index contributed by atoms with van der Waals surface area (Å²) in [6.45, 7) is 5.19. The van der Waals surface area contributed by atoms with Gasteiger partial charge in [0.2, 0.25) is 11.8 Å². The van der Waals surface area contributed by atoms with E-state index in [1.54, 1.807) is 62.3 Å². The number of carbonyl (C=O) groups excluding carboxylic acids is 4. The summed E-state index contributed by atoms with van der Waals surface area (Å²) in [5.74, 6) is -0.699. The number of benzene rings is 2. The van der Waals surface area contributed by atoms with Gasteiger partial charge in [-0.05, 0) is 43.2 Å². The lowest BCUT2D eigenvalue weighted by atomic mass is 9.89. The Morgan fingerprint density at radius 3 is 1.51 bits per heavy atom. The number of rotatable bonds is 8. The normalized spacial score (nSPS) is 13.5. The molecule has 290 valence electrons. The summed E-state index contributed by atoms with van der Waals surface area (Å²) >= 11 is 19.0. The van der Waals surface area contributed by atoms with Gasteiger partial charge in [0.05, 0.1) is 22.5 Å². The summed E-state index contributed by atoms with van der Waals surface area (Å²) in [4.78, 5) is 66.2. The van der Waals surface area contributed by atoms with E-state index in [9.17, 15) is 19.2 Å². The quantitative estimate of drug-likeness (QED) is 0.247. The molecule has 0 bridgehead atoms. The van der Waals surface area contributed by atoms with Crippen LogP contribution in [-0.2, 0) is 35.5 Å². The van der Waals surface area contributed by atoms with E-state index in [4.69, 9.17) is 46.3 Å². The van der Waals surface area contributed by atoms with Gasteiger partial charge in [0.25, 0.3) is 11.8 Å². The maximum absolute atomic E-state index is 13.3. The average molecular weight is 808 g/mol. The molecule has 0 unspecified atom stereocenters. The van der Waals surface area contributed by atoms with Crippen molar-refractivity contribution in [1.29, 1.82) is 0 Å². The highest BCUT2D eigenvalue weighted by atomic mass is 35.5. The van der Waals surface area contributed by atoms with Crippen LogP contribution < -0.4 is 11.5 Å². The summed E-state index contributed by atoms with van der Waals surface area (Å²) in [7, 11) is 6.69. The van der Waals surface area contributed by atoms with E-state index in [1.165, 1.54) is 9.80 Å². The van der Waals surface area contributed by atoms with E-state index in [0.29, 0.717) is 68.9 Å². The molecule has 4 heterocycles. The Labute approximate surface area is 336 Å². The number of nitrogens with two attached hydrogens (primary N) is 2. The molecule has 4 N–H and O–H groups in total. The molecule has 0 atom stereocenters. The maximum atomic E-state index is 13.3. The van der Waals surface area contributed by atoms with E-state index in [-0.39, 0.29) is 49.8 Å². The van der Waals surface area contributed by atoms with Crippen molar-refractivity contribution in [3.05, 3.63) is 103 Å². The van der Waals surface area contributed by atoms with Crippen molar-refractivity contribution < 1.29 is 19.2 Å². The van der Waals surface area contributed by atoms with E-state index < -0.39 is 0 Å². The van der Waals surface area contributed by atoms with Gasteiger partial charge in [-0.1, -0.05) is 59.1 Å². The molecule has 12 nitrogen and oxygen atoms in total. The number of hydrogen-bond acceptors (Lipinski definition) is 8. The van der Waals surface area contributed by atoms with Gasteiger partial charge in [0.15, 0.2) is 0 Å². The standard InChI is InChI=1S/C20H22Cl2N4O2.C20H23ClN4O2/c1-11-14(9-23)18(13-5-4-12(21)8-15(13)22)19-16(24-11)6-7-26(20(19)28)10-17(27)25(2)3;1-12-14(10-22)18(13-6-4-5-7-15(13)21)19-16(23-12)8-9-25(20(19)27)11-17(26)24(2)3/h4-5,8H,6-7,9-10,23H2,1-3H3;4-7H,8-11,22H2,1-3H3. The minimum Gasteiger partial charge on any atom is -0.347 e. The summed E-state index contributed by atoms with van der Waals surface area (Å²) in [6.07, 6.45) is 1.15. The molecule has 0 radical (unpaired) electrons. The number of fused-ring (bicyclic) bond motifs is 2. The second kappa shape index (κ2) is 17.5. The third-order valence-electron chi connectivity index (χ3n) is 9.80. The molecule has 2 aliphatic heterocycles. The largest absolute Gasteiger partial charge is 0.347 e. The number of aromatic nitrogens is 2. The number of halogens is 3. The van der Waals surface area contributed by atoms with Crippen molar-refractivity contribution in [3.63, 3.8) is 0 Å². The summed E-state index contributed by atoms with van der Waals surface area (Å²) in [6, 6.07) is 12.6. The van der Waals surface area contributed by atoms with Gasteiger partial charge < -0.3 is 31.1 Å². The highest BCUT2D eigenvalue weighted by molar-refractivity contribution is 6.36. The molecule has 0 saturated heterocycles. The molecule has 15 heteroatoms. The van der Waals surface area contributed by atoms with Crippen LogP contribution in [0.3, 0.4) is 0 Å². The molecular formula is C40H45Cl3N8O4. The van der Waals surface area contributed by atoms with Crippen molar-refractivity contribution >= 4 is 58.4 Å². The second-order valence-corrected chi connectivity index (χ2v) is 15.0. The molecule has 55 heavy (non-hydrogen) atoms. The van der Waals surface area contributed by atoms with Crippen molar-refractivity contribution in [3.8, 4) is 22.3 Å². The average Bonchev–Trinajstić information content (AvgIpc) is 3.13. The number of carbonyl (C=O) groups is 4. The molecule has 6 rings (SSSR count). The smallest absolute Gasteiger partial charge is 0.256 e. The zero-order valence-electron chi connectivity index (χ0n) is 31.8. The van der Waals surface area contributed by atoms with Crippen molar-refractivity contribution in [2.45, 2.75) is 39.8 Å². The lowest BCUT2D eigenvalue weighted by molar-refractivity contribution is -0.130. The molecule has 0 spiro atoms. The Bertz CT molecular complexity index is 2170. The number of likely N-dealkylation sites (N-methyl/N-ethyl adjacent to an activating group) is 2. The molecule has 0 saturated carbocycles. The zero-order valence-corrected chi connectivity index (χ0v) is 34.1. The van der Waals surface area contributed by atoms with Crippen LogP contribution in [0.5, 0.6) is 0 Å². The van der Waals surface area contributed by atoms with Crippen molar-refractivity contribution in [2.24, 2.45) is 11.5 Å². The summed E-state index contributed by atoms with van der Waals surface area (Å²) < 4.78 is 0. The topological polar surface area (TPSA) is 159 Å². The van der Waals surface area contributed by atoms with Gasteiger partial charge in [0.1, 0.15) is 13.1 Å². The number of hydrogen-bond donors (Lipinski definition) is 2. The number of aryl methyl sites for hydroxylation is 2. The van der Waals surface area contributed by atoms with Gasteiger partial charge in [-0.2, -0.15) is 0 Å². The van der Waals surface area contributed by atoms with Crippen LogP contribution in [-0.4, -0.2) is 108 Å². The first-order valence-electron chi connectivity index (χ1n) is 17.7. The lowest BCUT2D eigenvalue weighted by Gasteiger charge is -2.31. The van der Waals surface area contributed by atoms with Crippen LogP contribution in [0.1, 0.15) is 54.6 Å². The molecular weight excluding hydrogens is 763 g/mol. The number of pyridine rings is 2. The molecule has 2 aliphatic rings. The van der Waals surface area contributed by atoms with Gasteiger partial charge in [-0.15, -0.1) is 0 Å². The third-order valence-corrected chi connectivity index (χ3v) is 10.7. The highest BCUT2D eigenvalue weighted by Crippen LogP contribution is 2.40. The Balaban J connectivity index is 0.000000211. The molecule has 4 aromatic rings. The van der Waals surface area contributed by atoms with E-state index >= 15 is 0 Å². The highest BCUT2D eigenvalue weighted by Gasteiger charge is 2.34. The van der Waals surface area contributed by atoms with Crippen LogP contribution >= 0.6 is 34.8 Å². The Morgan fingerprint density at radius 2 is 1.11 bits per heavy atom. The SMILES string of the molecule is Cc1nc2c(c(-c3ccc(Cl)cc3Cl)c1CN)C(=O)N(CC(=O)N(C)C)CC2.Cc1nc2c(c(-c3ccccc3Cl)c1CN)C(=O)N(CC(=O)N(C)C)CC2. The second-order valence-electron chi connectivity index (χ2n) is 13.8. The van der Waals surface area contributed by atoms with Crippen LogP contribution in [0, 0.1) is 13.8 Å². The zero-order chi connectivity index (χ0) is 40.3. The monoisotopic (exact) mass is 806 g/mol. The first-order chi connectivity index (χ1) is 26.1. The number of nitrogens with zero attached hydrogens (tertiary/aromatic N) is 6. The Morgan fingerprint density at radius 1 is 0.673 bits per heavy atom. The van der Waals surface area contributed by atoms with Crippen molar-refractivity contribution in [1.82, 2.24) is 29.6 Å². The lowest BCUT2D eigenvalue weighted by Crippen LogP contribution is -2.44. The number of amides is 4. The van der Waals surface area contributed by atoms with Crippen molar-refractivity contribution in [2.75, 3.05) is 54.4 Å². The van der Waals surface area contributed by atoms with Crippen LogP contribution in [0.15, 0.2) is 42.5 Å². The maximum Gasteiger partial charge on any atom is 0.256 e. The van der Waals surface area contributed by atoms with Gasteiger partial charge >= 0.3 is 0 Å². The molecule has 4 amide bonds. The predicted molar refractivity (Wildman–Crippen MR) is 216 cm³/mol. The fourth-order valence-electron chi connectivity index (χ4n) is 6.79. The van der Waals surface area contributed by atoms with Gasteiger partial charge in [0, 0.05) is 116 Å². The third kappa shape index (κ3) is 8.63. The Kier molecular flexibility index (Phi) is 13.2. The predicted octanol–water partition coefficient (Wildman–Crippen LogP) is 5.16. The van der Waals surface area contributed by atoms with E-state index in [0.717, 1.165) is 39.3 Å². The fraction of sp³-hybridized carbons (Fsp3) is 0.350. The van der Waals surface area contributed by atoms with E-state index in [2.05, 4.69) is 9.97 Å². The Hall–Kier alpha value is -4.59. The van der Waals surface area contributed by atoms with Crippen LogP contribution in [0.25, 0.3) is 22.3 Å². The van der Waals surface area contributed by atoms with Crippen LogP contribution in [0.4, 0.5) is 0 Å². The minimum atomic E-state index is -0.236. The molecule has 2 aromatic heterocycles. The molecule has 0 aliphatic carbocycles. The first kappa shape index (κ1) is 41.6. The molecule has 0 fully saturated rings. The minimum absolute atomic E-state index is 0.0187. The van der Waals surface area contributed by atoms with E-state index in [1.807, 2.05) is 32.0 Å². The summed E-state index contributed by atoms with van der Waals surface area (Å²) in [5.41, 5.74) is 20.4. The fourth-order valence-corrected chi connectivity index (χ4v) is 7.52. The van der Waals surface area contributed by atoms with Gasteiger partial charge in [-0.3, -0.25) is 29.1 Å². The van der Waals surface area contributed by atoms with Crippen LogP contribution in [0.2, 0.25) is 15.1 Å². The molecule has 2 aromatic carbocycles. The first-order valence-corrected chi connectivity index (χ1v) is 18.9. The van der Waals surface area contributed by atoms with Gasteiger partial charge in [-0.25, -0.2) is 0 Å².